The number of nitrogens with two attached hydrogens (primary N) is 1. The van der Waals surface area contributed by atoms with E-state index in [1.807, 2.05) is 6.07 Å². The number of rotatable bonds is 2. The van der Waals surface area contributed by atoms with Crippen LogP contribution < -0.4 is 5.73 Å². The van der Waals surface area contributed by atoms with Crippen molar-refractivity contribution in [3.63, 3.8) is 0 Å². The Morgan fingerprint density at radius 1 is 1.58 bits per heavy atom. The van der Waals surface area contributed by atoms with Gasteiger partial charge < -0.3 is 10.8 Å². The first-order chi connectivity index (χ1) is 5.61. The Bertz CT molecular complexity index is 265. The van der Waals surface area contributed by atoms with Gasteiger partial charge in [-0.2, -0.15) is 0 Å². The van der Waals surface area contributed by atoms with E-state index in [0.717, 1.165) is 10.0 Å². The fourth-order valence-corrected chi connectivity index (χ4v) is 1.27. The summed E-state index contributed by atoms with van der Waals surface area (Å²) in [6.07, 6.45) is 2.78. The van der Waals surface area contributed by atoms with Gasteiger partial charge in [-0.1, -0.05) is 0 Å². The maximum atomic E-state index is 9.20. The highest BCUT2D eigenvalue weighted by atomic mass is 79.9. The van der Waals surface area contributed by atoms with Crippen LogP contribution in [-0.2, 0) is 0 Å². The van der Waals surface area contributed by atoms with Crippen molar-refractivity contribution in [1.29, 1.82) is 0 Å². The van der Waals surface area contributed by atoms with E-state index in [9.17, 15) is 5.11 Å². The molecule has 0 amide bonds. The van der Waals surface area contributed by atoms with Gasteiger partial charge in [0, 0.05) is 16.9 Å². The number of aromatic nitrogens is 1. The summed E-state index contributed by atoms with van der Waals surface area (Å²) in [5, 5.41) is 9.20. The highest BCUT2D eigenvalue weighted by molar-refractivity contribution is 9.10. The molecule has 0 radical (unpaired) electrons. The molecule has 66 valence electrons. The fourth-order valence-electron chi connectivity index (χ4n) is 0.889. The molecular formula is C8H11BrN2O. The minimum Gasteiger partial charge on any atom is -0.391 e. The first-order valence-electron chi connectivity index (χ1n) is 3.65. The van der Waals surface area contributed by atoms with Crippen LogP contribution in [0.25, 0.3) is 0 Å². The average Bonchev–Trinajstić information content (AvgIpc) is 2.03. The fraction of sp³-hybridized carbons (Fsp3) is 0.375. The number of halogens is 1. The first-order valence-corrected chi connectivity index (χ1v) is 4.44. The van der Waals surface area contributed by atoms with E-state index in [1.165, 1.54) is 0 Å². The van der Waals surface area contributed by atoms with E-state index in [-0.39, 0.29) is 6.04 Å². The molecule has 1 aromatic rings. The molecule has 0 aliphatic carbocycles. The van der Waals surface area contributed by atoms with Crippen LogP contribution in [0.1, 0.15) is 18.5 Å². The smallest absolute Gasteiger partial charge is 0.0705 e. The molecule has 2 atom stereocenters. The zero-order chi connectivity index (χ0) is 9.14. The van der Waals surface area contributed by atoms with Crippen molar-refractivity contribution in [2.24, 2.45) is 5.73 Å². The third kappa shape index (κ3) is 2.27. The van der Waals surface area contributed by atoms with Crippen LogP contribution in [0.2, 0.25) is 0 Å². The Morgan fingerprint density at radius 2 is 2.25 bits per heavy atom. The highest BCUT2D eigenvalue weighted by Crippen LogP contribution is 2.17. The van der Waals surface area contributed by atoms with Gasteiger partial charge in [0.15, 0.2) is 0 Å². The third-order valence-corrected chi connectivity index (χ3v) is 2.06. The summed E-state index contributed by atoms with van der Waals surface area (Å²) in [7, 11) is 0. The van der Waals surface area contributed by atoms with E-state index in [2.05, 4.69) is 20.9 Å². The third-order valence-electron chi connectivity index (χ3n) is 1.63. The van der Waals surface area contributed by atoms with Gasteiger partial charge in [-0.25, -0.2) is 0 Å². The second kappa shape index (κ2) is 3.98. The Kier molecular flexibility index (Phi) is 3.20. The lowest BCUT2D eigenvalue weighted by atomic mass is 10.1. The number of pyridine rings is 1. The predicted octanol–water partition coefficient (Wildman–Crippen LogP) is 1.22. The zero-order valence-corrected chi connectivity index (χ0v) is 8.32. The van der Waals surface area contributed by atoms with Gasteiger partial charge in [0.1, 0.15) is 0 Å². The number of nitrogens with zero attached hydrogens (tertiary/aromatic N) is 1. The van der Waals surface area contributed by atoms with Gasteiger partial charge in [-0.05, 0) is 34.5 Å². The molecule has 12 heavy (non-hydrogen) atoms. The molecule has 1 heterocycles. The van der Waals surface area contributed by atoms with Gasteiger partial charge in [0.2, 0.25) is 0 Å². The largest absolute Gasteiger partial charge is 0.391 e. The van der Waals surface area contributed by atoms with Crippen molar-refractivity contribution in [3.05, 3.63) is 28.5 Å². The first kappa shape index (κ1) is 9.64. The van der Waals surface area contributed by atoms with E-state index in [1.54, 1.807) is 19.3 Å². The number of aliphatic hydroxyl groups excluding tert-OH is 1. The Labute approximate surface area is 79.7 Å². The quantitative estimate of drug-likeness (QED) is 0.804. The summed E-state index contributed by atoms with van der Waals surface area (Å²) in [6, 6.07) is 1.49. The van der Waals surface area contributed by atoms with Crippen LogP contribution >= 0.6 is 15.9 Å². The number of hydrogen-bond donors (Lipinski definition) is 2. The molecular weight excluding hydrogens is 220 g/mol. The summed E-state index contributed by atoms with van der Waals surface area (Å²) >= 11 is 3.28. The molecule has 0 saturated carbocycles. The molecule has 0 aliphatic rings. The molecule has 0 saturated heterocycles. The maximum absolute atomic E-state index is 9.20. The van der Waals surface area contributed by atoms with E-state index < -0.39 is 6.10 Å². The van der Waals surface area contributed by atoms with Gasteiger partial charge in [0.25, 0.3) is 0 Å². The maximum Gasteiger partial charge on any atom is 0.0705 e. The highest BCUT2D eigenvalue weighted by Gasteiger charge is 2.11. The van der Waals surface area contributed by atoms with Gasteiger partial charge in [-0.3, -0.25) is 4.98 Å². The lowest BCUT2D eigenvalue weighted by molar-refractivity contribution is 0.164. The predicted molar refractivity (Wildman–Crippen MR) is 50.5 cm³/mol. The van der Waals surface area contributed by atoms with E-state index in [0.29, 0.717) is 0 Å². The SMILES string of the molecule is CC(O)C(N)c1cncc(Br)c1. The van der Waals surface area contributed by atoms with Crippen molar-refractivity contribution in [1.82, 2.24) is 4.98 Å². The molecule has 3 nitrogen and oxygen atoms in total. The van der Waals surface area contributed by atoms with Crippen molar-refractivity contribution < 1.29 is 5.11 Å². The van der Waals surface area contributed by atoms with Gasteiger partial charge in [0.05, 0.1) is 12.1 Å². The summed E-state index contributed by atoms with van der Waals surface area (Å²) < 4.78 is 0.871. The Balaban J connectivity index is 2.88. The summed E-state index contributed by atoms with van der Waals surface area (Å²) in [5.74, 6) is 0. The van der Waals surface area contributed by atoms with Crippen molar-refractivity contribution in [2.75, 3.05) is 0 Å². The topological polar surface area (TPSA) is 59.1 Å². The number of aliphatic hydroxyl groups is 1. The second-order valence-corrected chi connectivity index (χ2v) is 3.62. The van der Waals surface area contributed by atoms with Crippen LogP contribution in [0.3, 0.4) is 0 Å². The monoisotopic (exact) mass is 230 g/mol. The molecule has 3 N–H and O–H groups in total. The van der Waals surface area contributed by atoms with Crippen LogP contribution in [0.15, 0.2) is 22.9 Å². The Hall–Kier alpha value is -0.450. The minimum atomic E-state index is -0.555. The lowest BCUT2D eigenvalue weighted by Gasteiger charge is -2.14. The molecule has 0 spiro atoms. The summed E-state index contributed by atoms with van der Waals surface area (Å²) in [6.45, 7) is 1.66. The second-order valence-electron chi connectivity index (χ2n) is 2.70. The van der Waals surface area contributed by atoms with Crippen LogP contribution in [0.5, 0.6) is 0 Å². The van der Waals surface area contributed by atoms with Crippen molar-refractivity contribution in [3.8, 4) is 0 Å². The molecule has 0 bridgehead atoms. The molecule has 0 aromatic carbocycles. The van der Waals surface area contributed by atoms with Crippen LogP contribution in [0.4, 0.5) is 0 Å². The Morgan fingerprint density at radius 3 is 2.75 bits per heavy atom. The standard InChI is InChI=1S/C8H11BrN2O/c1-5(12)8(10)6-2-7(9)4-11-3-6/h2-5,8,12H,10H2,1H3. The van der Waals surface area contributed by atoms with Crippen LogP contribution in [0, 0.1) is 0 Å². The van der Waals surface area contributed by atoms with Crippen molar-refractivity contribution >= 4 is 15.9 Å². The zero-order valence-electron chi connectivity index (χ0n) is 6.74. The molecule has 4 heteroatoms. The molecule has 0 fully saturated rings. The minimum absolute atomic E-state index is 0.366. The summed E-state index contributed by atoms with van der Waals surface area (Å²) in [5.41, 5.74) is 6.53. The van der Waals surface area contributed by atoms with Gasteiger partial charge in [-0.15, -0.1) is 0 Å². The molecule has 1 aromatic heterocycles. The lowest BCUT2D eigenvalue weighted by Crippen LogP contribution is -2.23. The number of hydrogen-bond acceptors (Lipinski definition) is 3. The summed E-state index contributed by atoms with van der Waals surface area (Å²) in [4.78, 5) is 3.95. The van der Waals surface area contributed by atoms with Gasteiger partial charge >= 0.3 is 0 Å². The molecule has 2 unspecified atom stereocenters. The van der Waals surface area contributed by atoms with Crippen LogP contribution in [-0.4, -0.2) is 16.2 Å². The van der Waals surface area contributed by atoms with E-state index in [4.69, 9.17) is 5.73 Å². The van der Waals surface area contributed by atoms with E-state index >= 15 is 0 Å². The van der Waals surface area contributed by atoms with Crippen molar-refractivity contribution in [2.45, 2.75) is 19.1 Å². The normalized spacial score (nSPS) is 15.7. The average molecular weight is 231 g/mol. The molecule has 1 rings (SSSR count). The molecule has 0 aliphatic heterocycles.